The number of carbonyl (C=O) groups is 1. The van der Waals surface area contributed by atoms with Gasteiger partial charge in [0.05, 0.1) is 19.1 Å². The maximum atomic E-state index is 13.2. The second-order valence-electron chi connectivity index (χ2n) is 9.18. The number of nitrogens with zero attached hydrogens (tertiary/aromatic N) is 2. The largest absolute Gasteiger partial charge is 0.497 e. The number of piperidine rings is 1. The quantitative estimate of drug-likeness (QED) is 0.631. The third kappa shape index (κ3) is 3.86. The maximum Gasteiger partial charge on any atom is 0.253 e. The van der Waals surface area contributed by atoms with Gasteiger partial charge in [0, 0.05) is 41.8 Å². The maximum absolute atomic E-state index is 13.2. The highest BCUT2D eigenvalue weighted by atomic mass is 32.2. The van der Waals surface area contributed by atoms with Crippen molar-refractivity contribution in [2.45, 2.75) is 38.1 Å². The van der Waals surface area contributed by atoms with Gasteiger partial charge >= 0.3 is 0 Å². The summed E-state index contributed by atoms with van der Waals surface area (Å²) in [6, 6.07) is 11.3. The van der Waals surface area contributed by atoms with Crippen LogP contribution in [0.5, 0.6) is 5.75 Å². The first-order chi connectivity index (χ1) is 15.8. The van der Waals surface area contributed by atoms with Crippen LogP contribution in [-0.4, -0.2) is 56.7 Å². The smallest absolute Gasteiger partial charge is 0.253 e. The number of aromatic nitrogens is 1. The Labute approximate surface area is 194 Å². The Morgan fingerprint density at radius 3 is 2.58 bits per heavy atom. The number of hydrogen-bond donors (Lipinski definition) is 1. The molecule has 7 nitrogen and oxygen atoms in total. The molecule has 2 aromatic carbocycles. The first-order valence-electron chi connectivity index (χ1n) is 11.3. The lowest BCUT2D eigenvalue weighted by Gasteiger charge is -2.32. The number of H-pyrrole nitrogens is 1. The van der Waals surface area contributed by atoms with Crippen LogP contribution < -0.4 is 9.04 Å². The molecule has 1 N–H and O–H groups in total. The molecule has 0 bridgehead atoms. The SMILES string of the molecule is COc1ccc2[nH]cc(C3CCN(C(=O)c4ccc5c(c4)CC(C)N5S(C)(=O)=O)CC3)c2c1. The van der Waals surface area contributed by atoms with E-state index in [-0.39, 0.29) is 11.9 Å². The molecule has 0 aliphatic carbocycles. The third-order valence-corrected chi connectivity index (χ3v) is 8.25. The lowest BCUT2D eigenvalue weighted by Crippen LogP contribution is -2.38. The van der Waals surface area contributed by atoms with E-state index < -0.39 is 10.0 Å². The van der Waals surface area contributed by atoms with Crippen LogP contribution in [0.4, 0.5) is 5.69 Å². The summed E-state index contributed by atoms with van der Waals surface area (Å²) in [7, 11) is -1.66. The third-order valence-electron chi connectivity index (χ3n) is 6.98. The summed E-state index contributed by atoms with van der Waals surface area (Å²) >= 11 is 0. The fourth-order valence-corrected chi connectivity index (χ4v) is 6.67. The van der Waals surface area contributed by atoms with E-state index in [1.165, 1.54) is 21.5 Å². The Morgan fingerprint density at radius 1 is 1.12 bits per heavy atom. The predicted octanol–water partition coefficient (Wildman–Crippen LogP) is 3.91. The molecular formula is C25H29N3O4S. The summed E-state index contributed by atoms with van der Waals surface area (Å²) in [6.07, 6.45) is 5.74. The molecule has 0 saturated carbocycles. The lowest BCUT2D eigenvalue weighted by atomic mass is 9.89. The van der Waals surface area contributed by atoms with Gasteiger partial charge in [-0.05, 0) is 79.6 Å². The molecule has 0 spiro atoms. The van der Waals surface area contributed by atoms with E-state index in [1.807, 2.05) is 30.0 Å². The van der Waals surface area contributed by atoms with Gasteiger partial charge in [-0.1, -0.05) is 0 Å². The highest BCUT2D eigenvalue weighted by Crippen LogP contribution is 2.37. The molecule has 33 heavy (non-hydrogen) atoms. The molecule has 3 aromatic rings. The number of ether oxygens (including phenoxy) is 1. The van der Waals surface area contributed by atoms with E-state index in [2.05, 4.69) is 17.2 Å². The van der Waals surface area contributed by atoms with Crippen molar-refractivity contribution in [2.75, 3.05) is 30.8 Å². The van der Waals surface area contributed by atoms with Crippen molar-refractivity contribution < 1.29 is 17.9 Å². The van der Waals surface area contributed by atoms with Crippen molar-refractivity contribution in [2.24, 2.45) is 0 Å². The molecule has 2 aliphatic heterocycles. The minimum absolute atomic E-state index is 0.0160. The minimum atomic E-state index is -3.34. The molecule has 0 radical (unpaired) electrons. The van der Waals surface area contributed by atoms with E-state index in [0.29, 0.717) is 36.7 Å². The van der Waals surface area contributed by atoms with Crippen LogP contribution in [0.1, 0.15) is 47.2 Å². The second kappa shape index (κ2) is 8.09. The number of sulfonamides is 1. The fourth-order valence-electron chi connectivity index (χ4n) is 5.40. The molecule has 1 fully saturated rings. The van der Waals surface area contributed by atoms with Crippen LogP contribution in [0, 0.1) is 0 Å². The first-order valence-corrected chi connectivity index (χ1v) is 13.2. The van der Waals surface area contributed by atoms with Gasteiger partial charge in [0.25, 0.3) is 5.91 Å². The van der Waals surface area contributed by atoms with Crippen molar-refractivity contribution in [1.82, 2.24) is 9.88 Å². The predicted molar refractivity (Wildman–Crippen MR) is 130 cm³/mol. The number of likely N-dealkylation sites (tertiary alicyclic amines) is 1. The summed E-state index contributed by atoms with van der Waals surface area (Å²) < 4.78 is 31.2. The molecule has 1 saturated heterocycles. The van der Waals surface area contributed by atoms with E-state index in [1.54, 1.807) is 19.2 Å². The molecule has 1 unspecified atom stereocenters. The Hall–Kier alpha value is -3.00. The Kier molecular flexibility index (Phi) is 5.35. The molecule has 1 amide bonds. The number of aromatic amines is 1. The van der Waals surface area contributed by atoms with Crippen molar-refractivity contribution in [3.8, 4) is 5.75 Å². The van der Waals surface area contributed by atoms with Crippen molar-refractivity contribution in [3.63, 3.8) is 0 Å². The van der Waals surface area contributed by atoms with E-state index in [9.17, 15) is 13.2 Å². The van der Waals surface area contributed by atoms with E-state index >= 15 is 0 Å². The van der Waals surface area contributed by atoms with Crippen LogP contribution >= 0.6 is 0 Å². The molecule has 8 heteroatoms. The molecule has 1 aromatic heterocycles. The lowest BCUT2D eigenvalue weighted by molar-refractivity contribution is 0.0713. The van der Waals surface area contributed by atoms with Gasteiger partial charge in [-0.25, -0.2) is 8.42 Å². The Morgan fingerprint density at radius 2 is 1.88 bits per heavy atom. The number of anilines is 1. The molecule has 2 aliphatic rings. The Bertz CT molecular complexity index is 1320. The second-order valence-corrected chi connectivity index (χ2v) is 11.0. The zero-order valence-corrected chi connectivity index (χ0v) is 20.0. The monoisotopic (exact) mass is 467 g/mol. The normalized spacial score (nSPS) is 19.2. The van der Waals surface area contributed by atoms with E-state index in [0.717, 1.165) is 29.7 Å². The zero-order valence-electron chi connectivity index (χ0n) is 19.2. The molecule has 5 rings (SSSR count). The van der Waals surface area contributed by atoms with Crippen LogP contribution in [0.3, 0.4) is 0 Å². The summed E-state index contributed by atoms with van der Waals surface area (Å²) in [5.74, 6) is 1.25. The number of nitrogens with one attached hydrogen (secondary N) is 1. The van der Waals surface area contributed by atoms with E-state index in [4.69, 9.17) is 4.74 Å². The van der Waals surface area contributed by atoms with Gasteiger partial charge in [0.1, 0.15) is 5.75 Å². The summed E-state index contributed by atoms with van der Waals surface area (Å²) in [5.41, 5.74) is 4.62. The van der Waals surface area contributed by atoms with Crippen LogP contribution in [0.2, 0.25) is 0 Å². The first kappa shape index (κ1) is 21.8. The number of rotatable bonds is 4. The molecule has 3 heterocycles. The highest BCUT2D eigenvalue weighted by Gasteiger charge is 2.33. The van der Waals surface area contributed by atoms with Crippen LogP contribution in [0.25, 0.3) is 10.9 Å². The highest BCUT2D eigenvalue weighted by molar-refractivity contribution is 7.92. The number of fused-ring (bicyclic) bond motifs is 2. The van der Waals surface area contributed by atoms with Gasteiger partial charge in [-0.2, -0.15) is 0 Å². The number of amides is 1. The average Bonchev–Trinajstić information content (AvgIpc) is 3.37. The number of carbonyl (C=O) groups excluding carboxylic acids is 1. The van der Waals surface area contributed by atoms with Gasteiger partial charge in [-0.3, -0.25) is 9.10 Å². The standard InChI is InChI=1S/C25H29N3O4S/c1-16-12-19-13-18(4-7-24(19)28(16)33(3,30)31)25(29)27-10-8-17(9-11-27)22-15-26-23-6-5-20(32-2)14-21(22)23/h4-7,13-17,26H,8-12H2,1-3H3. The molecule has 174 valence electrons. The van der Waals surface area contributed by atoms with Crippen molar-refractivity contribution >= 4 is 32.5 Å². The summed E-state index contributed by atoms with van der Waals surface area (Å²) in [5, 5.41) is 1.18. The zero-order chi connectivity index (χ0) is 23.3. The summed E-state index contributed by atoms with van der Waals surface area (Å²) in [4.78, 5) is 18.5. The van der Waals surface area contributed by atoms with Crippen LogP contribution in [-0.2, 0) is 16.4 Å². The Balaban J connectivity index is 1.31. The van der Waals surface area contributed by atoms with Crippen molar-refractivity contribution in [3.05, 3.63) is 59.3 Å². The number of methoxy groups -OCH3 is 1. The van der Waals surface area contributed by atoms with Gasteiger partial charge in [-0.15, -0.1) is 0 Å². The van der Waals surface area contributed by atoms with Gasteiger partial charge in [0.15, 0.2) is 0 Å². The number of hydrogen-bond acceptors (Lipinski definition) is 4. The average molecular weight is 468 g/mol. The number of benzene rings is 2. The fraction of sp³-hybridized carbons (Fsp3) is 0.400. The van der Waals surface area contributed by atoms with Crippen molar-refractivity contribution in [1.29, 1.82) is 0 Å². The van der Waals surface area contributed by atoms with Crippen LogP contribution in [0.15, 0.2) is 42.6 Å². The minimum Gasteiger partial charge on any atom is -0.497 e. The topological polar surface area (TPSA) is 82.7 Å². The molecular weight excluding hydrogens is 438 g/mol. The van der Waals surface area contributed by atoms with Gasteiger partial charge in [0.2, 0.25) is 10.0 Å². The van der Waals surface area contributed by atoms with Gasteiger partial charge < -0.3 is 14.6 Å². The molecule has 1 atom stereocenters. The summed E-state index contributed by atoms with van der Waals surface area (Å²) in [6.45, 7) is 3.29.